The van der Waals surface area contributed by atoms with Gasteiger partial charge in [-0.05, 0) is 34.1 Å². The van der Waals surface area contributed by atoms with Gasteiger partial charge < -0.3 is 10.5 Å². The van der Waals surface area contributed by atoms with Crippen LogP contribution in [-0.2, 0) is 13.1 Å². The molecular formula is C11H12BrFN4O. The van der Waals surface area contributed by atoms with E-state index in [9.17, 15) is 4.39 Å². The molecule has 0 saturated carbocycles. The number of rotatable bonds is 5. The Morgan fingerprint density at radius 1 is 1.44 bits per heavy atom. The average molecular weight is 315 g/mol. The van der Waals surface area contributed by atoms with Gasteiger partial charge in [0.2, 0.25) is 0 Å². The van der Waals surface area contributed by atoms with Gasteiger partial charge >= 0.3 is 0 Å². The van der Waals surface area contributed by atoms with E-state index < -0.39 is 0 Å². The van der Waals surface area contributed by atoms with E-state index in [0.29, 0.717) is 29.9 Å². The summed E-state index contributed by atoms with van der Waals surface area (Å²) < 4.78 is 20.5. The minimum Gasteiger partial charge on any atom is -0.492 e. The zero-order valence-corrected chi connectivity index (χ0v) is 11.1. The van der Waals surface area contributed by atoms with Crippen molar-refractivity contribution in [1.29, 1.82) is 0 Å². The highest BCUT2D eigenvalue weighted by Crippen LogP contribution is 2.21. The molecule has 0 spiro atoms. The SMILES string of the molecule is NCc1cn(CCOc2ccc(F)c(Br)c2)nn1. The van der Waals surface area contributed by atoms with Crippen molar-refractivity contribution in [3.63, 3.8) is 0 Å². The summed E-state index contributed by atoms with van der Waals surface area (Å²) in [4.78, 5) is 0. The Labute approximate surface area is 112 Å². The molecule has 0 aliphatic carbocycles. The molecule has 0 unspecified atom stereocenters. The quantitative estimate of drug-likeness (QED) is 0.912. The van der Waals surface area contributed by atoms with Crippen LogP contribution < -0.4 is 10.5 Å². The second kappa shape index (κ2) is 5.92. The van der Waals surface area contributed by atoms with E-state index in [2.05, 4.69) is 26.2 Å². The van der Waals surface area contributed by atoms with E-state index in [4.69, 9.17) is 10.5 Å². The maximum atomic E-state index is 13.0. The fourth-order valence-electron chi connectivity index (χ4n) is 1.37. The number of nitrogens with zero attached hydrogens (tertiary/aromatic N) is 3. The molecule has 1 aromatic heterocycles. The summed E-state index contributed by atoms with van der Waals surface area (Å²) in [5, 5.41) is 7.75. The van der Waals surface area contributed by atoms with Gasteiger partial charge in [-0.2, -0.15) is 0 Å². The molecule has 18 heavy (non-hydrogen) atoms. The van der Waals surface area contributed by atoms with Crippen LogP contribution in [0.2, 0.25) is 0 Å². The van der Waals surface area contributed by atoms with Crippen LogP contribution in [0.3, 0.4) is 0 Å². The van der Waals surface area contributed by atoms with Gasteiger partial charge in [0.1, 0.15) is 18.2 Å². The Morgan fingerprint density at radius 2 is 2.28 bits per heavy atom. The van der Waals surface area contributed by atoms with Crippen molar-refractivity contribution in [2.75, 3.05) is 6.61 Å². The molecule has 96 valence electrons. The number of nitrogens with two attached hydrogens (primary N) is 1. The molecule has 1 aromatic carbocycles. The van der Waals surface area contributed by atoms with E-state index in [-0.39, 0.29) is 5.82 Å². The summed E-state index contributed by atoms with van der Waals surface area (Å²) in [6.07, 6.45) is 1.77. The van der Waals surface area contributed by atoms with Gasteiger partial charge in [-0.15, -0.1) is 5.10 Å². The predicted molar refractivity (Wildman–Crippen MR) is 67.5 cm³/mol. The van der Waals surface area contributed by atoms with Gasteiger partial charge in [-0.3, -0.25) is 0 Å². The molecule has 7 heteroatoms. The van der Waals surface area contributed by atoms with Gasteiger partial charge in [-0.1, -0.05) is 5.21 Å². The van der Waals surface area contributed by atoms with E-state index in [1.807, 2.05) is 0 Å². The first-order chi connectivity index (χ1) is 8.69. The molecule has 0 bridgehead atoms. The van der Waals surface area contributed by atoms with E-state index in [1.165, 1.54) is 6.07 Å². The van der Waals surface area contributed by atoms with Crippen molar-refractivity contribution < 1.29 is 9.13 Å². The van der Waals surface area contributed by atoms with E-state index >= 15 is 0 Å². The standard InChI is InChI=1S/C11H12BrFN4O/c12-10-5-9(1-2-11(10)13)18-4-3-17-7-8(6-14)15-16-17/h1-2,5,7H,3-4,6,14H2. The molecule has 2 N–H and O–H groups in total. The normalized spacial score (nSPS) is 10.6. The highest BCUT2D eigenvalue weighted by atomic mass is 79.9. The highest BCUT2D eigenvalue weighted by molar-refractivity contribution is 9.10. The summed E-state index contributed by atoms with van der Waals surface area (Å²) in [5.74, 6) is 0.286. The lowest BCUT2D eigenvalue weighted by atomic mass is 10.3. The van der Waals surface area contributed by atoms with Crippen molar-refractivity contribution in [3.8, 4) is 5.75 Å². The summed E-state index contributed by atoms with van der Waals surface area (Å²) in [5.41, 5.74) is 6.16. The molecule has 0 saturated heterocycles. The molecule has 0 radical (unpaired) electrons. The third kappa shape index (κ3) is 3.27. The minimum atomic E-state index is -0.314. The van der Waals surface area contributed by atoms with Crippen molar-refractivity contribution in [2.24, 2.45) is 5.73 Å². The number of hydrogen-bond donors (Lipinski definition) is 1. The second-order valence-corrected chi connectivity index (χ2v) is 4.46. The van der Waals surface area contributed by atoms with Crippen LogP contribution in [0.1, 0.15) is 5.69 Å². The van der Waals surface area contributed by atoms with Crippen LogP contribution in [0, 0.1) is 5.82 Å². The van der Waals surface area contributed by atoms with E-state index in [1.54, 1.807) is 23.0 Å². The lowest BCUT2D eigenvalue weighted by Gasteiger charge is -2.06. The summed E-state index contributed by atoms with van der Waals surface area (Å²) in [6.45, 7) is 1.35. The lowest BCUT2D eigenvalue weighted by molar-refractivity contribution is 0.289. The molecular weight excluding hydrogens is 303 g/mol. The third-order valence-corrected chi connectivity index (χ3v) is 2.88. The Bertz CT molecular complexity index is 532. The van der Waals surface area contributed by atoms with Gasteiger partial charge in [-0.25, -0.2) is 9.07 Å². The number of aromatic nitrogens is 3. The van der Waals surface area contributed by atoms with Gasteiger partial charge in [0.15, 0.2) is 0 Å². The highest BCUT2D eigenvalue weighted by Gasteiger charge is 2.02. The zero-order chi connectivity index (χ0) is 13.0. The predicted octanol–water partition coefficient (Wildman–Crippen LogP) is 1.72. The van der Waals surface area contributed by atoms with Crippen LogP contribution in [0.5, 0.6) is 5.75 Å². The Balaban J connectivity index is 1.86. The lowest BCUT2D eigenvalue weighted by Crippen LogP contribution is -2.08. The van der Waals surface area contributed by atoms with Gasteiger partial charge in [0.05, 0.1) is 16.7 Å². The minimum absolute atomic E-state index is 0.314. The van der Waals surface area contributed by atoms with Crippen LogP contribution >= 0.6 is 15.9 Å². The van der Waals surface area contributed by atoms with Crippen molar-refractivity contribution in [3.05, 3.63) is 40.4 Å². The molecule has 5 nitrogen and oxygen atoms in total. The molecule has 0 atom stereocenters. The third-order valence-electron chi connectivity index (χ3n) is 2.28. The summed E-state index contributed by atoms with van der Waals surface area (Å²) >= 11 is 3.10. The number of hydrogen-bond acceptors (Lipinski definition) is 4. The van der Waals surface area contributed by atoms with Crippen LogP contribution in [0.25, 0.3) is 0 Å². The van der Waals surface area contributed by atoms with Gasteiger partial charge in [0, 0.05) is 12.7 Å². The number of halogens is 2. The van der Waals surface area contributed by atoms with Crippen LogP contribution in [-0.4, -0.2) is 21.6 Å². The molecule has 0 aliphatic rings. The maximum Gasteiger partial charge on any atom is 0.137 e. The first-order valence-corrected chi connectivity index (χ1v) is 6.15. The molecule has 0 aliphatic heterocycles. The first-order valence-electron chi connectivity index (χ1n) is 5.36. The Kier molecular flexibility index (Phi) is 4.27. The monoisotopic (exact) mass is 314 g/mol. The largest absolute Gasteiger partial charge is 0.492 e. The first kappa shape index (κ1) is 13.0. The smallest absolute Gasteiger partial charge is 0.137 e. The van der Waals surface area contributed by atoms with Crippen LogP contribution in [0.4, 0.5) is 4.39 Å². The molecule has 0 amide bonds. The van der Waals surface area contributed by atoms with Crippen molar-refractivity contribution in [2.45, 2.75) is 13.1 Å². The second-order valence-electron chi connectivity index (χ2n) is 3.60. The molecule has 2 rings (SSSR count). The van der Waals surface area contributed by atoms with Crippen molar-refractivity contribution >= 4 is 15.9 Å². The van der Waals surface area contributed by atoms with Gasteiger partial charge in [0.25, 0.3) is 0 Å². The fraction of sp³-hybridized carbons (Fsp3) is 0.273. The summed E-state index contributed by atoms with van der Waals surface area (Å²) in [6, 6.07) is 4.51. The Hall–Kier alpha value is -1.47. The number of benzene rings is 1. The fourth-order valence-corrected chi connectivity index (χ4v) is 1.72. The summed E-state index contributed by atoms with van der Waals surface area (Å²) in [7, 11) is 0. The molecule has 2 aromatic rings. The average Bonchev–Trinajstić information content (AvgIpc) is 2.82. The molecule has 0 fully saturated rings. The zero-order valence-electron chi connectivity index (χ0n) is 9.51. The van der Waals surface area contributed by atoms with E-state index in [0.717, 1.165) is 5.69 Å². The Morgan fingerprint density at radius 3 is 2.94 bits per heavy atom. The topological polar surface area (TPSA) is 66.0 Å². The molecule has 1 heterocycles. The maximum absolute atomic E-state index is 13.0. The van der Waals surface area contributed by atoms with Crippen molar-refractivity contribution in [1.82, 2.24) is 15.0 Å². The number of ether oxygens (including phenoxy) is 1. The van der Waals surface area contributed by atoms with Crippen LogP contribution in [0.15, 0.2) is 28.9 Å².